The molecule has 1 aromatic carbocycles. The summed E-state index contributed by atoms with van der Waals surface area (Å²) in [6.07, 6.45) is 10.2. The molecule has 0 aliphatic carbocycles. The maximum Gasteiger partial charge on any atom is 0.243 e. The van der Waals surface area contributed by atoms with Gasteiger partial charge >= 0.3 is 0 Å². The Morgan fingerprint density at radius 3 is 1.92 bits per heavy atom. The van der Waals surface area contributed by atoms with Crippen LogP contribution >= 0.6 is 0 Å². The number of unbranched alkanes of at least 4 members (excludes halogenated alkanes) is 7. The number of rotatable bonds is 26. The van der Waals surface area contributed by atoms with Gasteiger partial charge in [0.1, 0.15) is 24.0 Å². The van der Waals surface area contributed by atoms with Crippen molar-refractivity contribution in [1.29, 1.82) is 10.8 Å². The maximum atomic E-state index is 13.6. The van der Waals surface area contributed by atoms with Crippen molar-refractivity contribution in [3.8, 4) is 0 Å². The average Bonchev–Trinajstić information content (AvgIpc) is 3.06. The van der Waals surface area contributed by atoms with Crippen molar-refractivity contribution in [2.45, 2.75) is 129 Å². The molecule has 276 valence electrons. The second-order valence-corrected chi connectivity index (χ2v) is 12.9. The highest BCUT2D eigenvalue weighted by Crippen LogP contribution is 2.11. The third-order valence-electron chi connectivity index (χ3n) is 8.20. The van der Waals surface area contributed by atoms with E-state index in [1.807, 2.05) is 0 Å². The second-order valence-electron chi connectivity index (χ2n) is 12.9. The van der Waals surface area contributed by atoms with Crippen LogP contribution in [0.25, 0.3) is 0 Å². The van der Waals surface area contributed by atoms with Gasteiger partial charge < -0.3 is 43.8 Å². The van der Waals surface area contributed by atoms with Crippen molar-refractivity contribution in [2.75, 3.05) is 13.1 Å². The molecule has 13 N–H and O–H groups in total. The van der Waals surface area contributed by atoms with Crippen LogP contribution in [0, 0.1) is 16.7 Å². The molecule has 0 saturated heterocycles. The van der Waals surface area contributed by atoms with Crippen molar-refractivity contribution in [1.82, 2.24) is 26.6 Å². The number of amidine groups is 1. The number of hydrogen-bond donors (Lipinski definition) is 10. The zero-order valence-corrected chi connectivity index (χ0v) is 29.8. The Hall–Kier alpha value is -4.20. The van der Waals surface area contributed by atoms with Crippen LogP contribution in [0.5, 0.6) is 0 Å². The lowest BCUT2D eigenvalue weighted by Gasteiger charge is -2.27. The molecule has 0 spiro atoms. The van der Waals surface area contributed by atoms with Gasteiger partial charge in [0.15, 0.2) is 5.96 Å². The van der Waals surface area contributed by atoms with Gasteiger partial charge in [-0.1, -0.05) is 83.6 Å². The van der Waals surface area contributed by atoms with E-state index in [1.54, 1.807) is 38.1 Å². The SMILES string of the molecule is CCCCCCCCCC(=O)N[C@@H](CCCNC(=N)N)C(=O)NC(C(=O)N[C@@H](CCCCN)C(=O)NCc1ccc(C(=N)N)cc1)C(C)C. The molecule has 1 unspecified atom stereocenters. The third-order valence-corrected chi connectivity index (χ3v) is 8.20. The fraction of sp³-hybridized carbons (Fsp3) is 0.657. The third kappa shape index (κ3) is 18.8. The van der Waals surface area contributed by atoms with E-state index in [2.05, 4.69) is 33.5 Å². The van der Waals surface area contributed by atoms with E-state index in [0.29, 0.717) is 50.8 Å². The number of amides is 4. The number of nitrogens with two attached hydrogens (primary N) is 3. The maximum absolute atomic E-state index is 13.6. The highest BCUT2D eigenvalue weighted by molar-refractivity contribution is 5.95. The number of carbonyl (C=O) groups excluding carboxylic acids is 4. The van der Waals surface area contributed by atoms with Crippen molar-refractivity contribution in [2.24, 2.45) is 23.1 Å². The largest absolute Gasteiger partial charge is 0.384 e. The predicted molar refractivity (Wildman–Crippen MR) is 195 cm³/mol. The van der Waals surface area contributed by atoms with Crippen LogP contribution in [-0.4, -0.2) is 66.6 Å². The molecule has 3 atom stereocenters. The second kappa shape index (κ2) is 24.9. The van der Waals surface area contributed by atoms with Gasteiger partial charge in [0.25, 0.3) is 0 Å². The van der Waals surface area contributed by atoms with Crippen molar-refractivity contribution in [3.05, 3.63) is 35.4 Å². The molecule has 0 aromatic heterocycles. The zero-order chi connectivity index (χ0) is 36.6. The lowest BCUT2D eigenvalue weighted by molar-refractivity contribution is -0.134. The van der Waals surface area contributed by atoms with Crippen molar-refractivity contribution >= 4 is 35.4 Å². The quantitative estimate of drug-likeness (QED) is 0.0392. The number of hydrogen-bond acceptors (Lipinski definition) is 7. The Labute approximate surface area is 292 Å². The topological polar surface area (TPSA) is 254 Å². The van der Waals surface area contributed by atoms with Gasteiger partial charge in [-0.05, 0) is 56.6 Å². The summed E-state index contributed by atoms with van der Waals surface area (Å²) in [5.74, 6) is -2.16. The van der Waals surface area contributed by atoms with E-state index >= 15 is 0 Å². The first-order chi connectivity index (χ1) is 23.4. The van der Waals surface area contributed by atoms with E-state index in [0.717, 1.165) is 31.2 Å². The van der Waals surface area contributed by atoms with Crippen molar-refractivity contribution < 1.29 is 19.2 Å². The minimum absolute atomic E-state index is 0.0488. The molecule has 0 fully saturated rings. The standard InChI is InChI=1S/C35H62N10O4/c1-4-5-6-7-8-9-10-16-29(46)43-28(15-13-22-41-35(39)40)33(48)45-30(24(2)3)34(49)44-27(14-11-12-21-36)32(47)42-23-25-17-19-26(20-18-25)31(37)38/h17-20,24,27-28,30H,4-16,21-23,36H2,1-3H3,(H3,37,38)(H,42,47)(H,43,46)(H,44,49)(H,45,48)(H4,39,40,41)/t27-,28-,30?/m0/s1. The molecule has 0 aliphatic heterocycles. The number of benzene rings is 1. The van der Waals surface area contributed by atoms with Gasteiger partial charge in [-0.15, -0.1) is 0 Å². The van der Waals surface area contributed by atoms with Crippen LogP contribution in [-0.2, 0) is 25.7 Å². The summed E-state index contributed by atoms with van der Waals surface area (Å²) in [6, 6.07) is 4.22. The molecule has 4 amide bonds. The zero-order valence-electron chi connectivity index (χ0n) is 29.8. The van der Waals surface area contributed by atoms with Gasteiger partial charge in [-0.2, -0.15) is 0 Å². The first kappa shape index (κ1) is 42.8. The lowest BCUT2D eigenvalue weighted by Crippen LogP contribution is -2.58. The smallest absolute Gasteiger partial charge is 0.243 e. The fourth-order valence-electron chi connectivity index (χ4n) is 5.23. The number of guanidine groups is 1. The molecule has 1 rings (SSSR count). The average molecular weight is 687 g/mol. The summed E-state index contributed by atoms with van der Waals surface area (Å²) < 4.78 is 0. The summed E-state index contributed by atoms with van der Waals surface area (Å²) in [6.45, 7) is 6.77. The Morgan fingerprint density at radius 1 is 0.714 bits per heavy atom. The van der Waals surface area contributed by atoms with Crippen LogP contribution in [0.3, 0.4) is 0 Å². The molecule has 0 heterocycles. The van der Waals surface area contributed by atoms with Crippen LogP contribution < -0.4 is 43.8 Å². The number of nitrogens with one attached hydrogen (secondary N) is 7. The van der Waals surface area contributed by atoms with Crippen LogP contribution in [0.4, 0.5) is 0 Å². The first-order valence-corrected chi connectivity index (χ1v) is 17.8. The van der Waals surface area contributed by atoms with E-state index in [-0.39, 0.29) is 42.5 Å². The Bertz CT molecular complexity index is 1180. The minimum Gasteiger partial charge on any atom is -0.384 e. The van der Waals surface area contributed by atoms with E-state index in [4.69, 9.17) is 28.0 Å². The molecule has 0 saturated carbocycles. The van der Waals surface area contributed by atoms with Gasteiger partial charge in [-0.3, -0.25) is 30.0 Å². The van der Waals surface area contributed by atoms with E-state index in [1.165, 1.54) is 19.3 Å². The number of nitrogen functional groups attached to an aromatic ring is 1. The first-order valence-electron chi connectivity index (χ1n) is 17.8. The van der Waals surface area contributed by atoms with Crippen molar-refractivity contribution in [3.63, 3.8) is 0 Å². The van der Waals surface area contributed by atoms with Crippen LogP contribution in [0.15, 0.2) is 24.3 Å². The molecular formula is C35H62N10O4. The molecule has 0 radical (unpaired) electrons. The summed E-state index contributed by atoms with van der Waals surface area (Å²) >= 11 is 0. The monoisotopic (exact) mass is 686 g/mol. The predicted octanol–water partition coefficient (Wildman–Crippen LogP) is 2.23. The summed E-state index contributed by atoms with van der Waals surface area (Å²) in [5, 5.41) is 29.0. The van der Waals surface area contributed by atoms with Gasteiger partial charge in [0.05, 0.1) is 0 Å². The minimum atomic E-state index is -0.964. The molecule has 14 heteroatoms. The molecule has 49 heavy (non-hydrogen) atoms. The molecular weight excluding hydrogens is 624 g/mol. The Kier molecular flexibility index (Phi) is 21.7. The summed E-state index contributed by atoms with van der Waals surface area (Å²) in [4.78, 5) is 53.2. The molecule has 1 aromatic rings. The van der Waals surface area contributed by atoms with Gasteiger partial charge in [-0.25, -0.2) is 0 Å². The molecule has 14 nitrogen and oxygen atoms in total. The van der Waals surface area contributed by atoms with E-state index < -0.39 is 29.9 Å². The Balaban J connectivity index is 2.93. The van der Waals surface area contributed by atoms with Crippen LogP contribution in [0.1, 0.15) is 115 Å². The Morgan fingerprint density at radius 2 is 1.33 bits per heavy atom. The highest BCUT2D eigenvalue weighted by Gasteiger charge is 2.31. The molecule has 0 aliphatic rings. The van der Waals surface area contributed by atoms with Gasteiger partial charge in [0, 0.05) is 25.1 Å². The van der Waals surface area contributed by atoms with Gasteiger partial charge in [0.2, 0.25) is 23.6 Å². The fourth-order valence-corrected chi connectivity index (χ4v) is 5.23. The normalized spacial score (nSPS) is 12.8. The summed E-state index contributed by atoms with van der Waals surface area (Å²) in [5.41, 5.74) is 18.0. The van der Waals surface area contributed by atoms with Crippen LogP contribution in [0.2, 0.25) is 0 Å². The number of carbonyl (C=O) groups is 4. The summed E-state index contributed by atoms with van der Waals surface area (Å²) in [7, 11) is 0. The highest BCUT2D eigenvalue weighted by atomic mass is 16.2. The lowest BCUT2D eigenvalue weighted by atomic mass is 10.0. The molecule has 0 bridgehead atoms. The van der Waals surface area contributed by atoms with E-state index in [9.17, 15) is 19.2 Å².